The Morgan fingerprint density at radius 1 is 0.800 bits per heavy atom. The van der Waals surface area contributed by atoms with E-state index >= 15 is 0 Å². The zero-order chi connectivity index (χ0) is 13.7. The summed E-state index contributed by atoms with van der Waals surface area (Å²) in [4.78, 5) is 0. The van der Waals surface area contributed by atoms with Gasteiger partial charge in [-0.25, -0.2) is 0 Å². The molecular weight excluding hydrogens is 260 g/mol. The molecule has 0 nitrogen and oxygen atoms in total. The van der Waals surface area contributed by atoms with Gasteiger partial charge in [0.25, 0.3) is 0 Å². The average Bonchev–Trinajstić information content (AvgIpc) is 2.82. The Kier molecular flexibility index (Phi) is 2.58. The average molecular weight is 276 g/mol. The fourth-order valence-corrected chi connectivity index (χ4v) is 4.19. The molecule has 0 N–H and O–H groups in total. The van der Waals surface area contributed by atoms with Crippen LogP contribution < -0.4 is 0 Å². The van der Waals surface area contributed by atoms with Gasteiger partial charge in [0.1, 0.15) is 0 Å². The predicted octanol–water partition coefficient (Wildman–Crippen LogP) is 6.33. The first-order valence-electron chi connectivity index (χ1n) is 7.08. The zero-order valence-corrected chi connectivity index (χ0v) is 12.5. The highest BCUT2D eigenvalue weighted by atomic mass is 32.1. The molecule has 0 aliphatic rings. The fraction of sp³-hybridized carbons (Fsp3) is 0.158. The van der Waals surface area contributed by atoms with Crippen molar-refractivity contribution < 1.29 is 0 Å². The molecule has 98 valence electrons. The first kappa shape index (κ1) is 11.9. The minimum Gasteiger partial charge on any atom is -0.135 e. The van der Waals surface area contributed by atoms with Crippen molar-refractivity contribution in [2.45, 2.75) is 19.8 Å². The number of rotatable bonds is 1. The van der Waals surface area contributed by atoms with Crippen molar-refractivity contribution in [3.8, 4) is 0 Å². The maximum atomic E-state index is 2.36. The summed E-state index contributed by atoms with van der Waals surface area (Å²) in [5.41, 5.74) is 1.46. The summed E-state index contributed by atoms with van der Waals surface area (Å²) in [7, 11) is 0. The van der Waals surface area contributed by atoms with Gasteiger partial charge in [-0.1, -0.05) is 50.2 Å². The zero-order valence-electron chi connectivity index (χ0n) is 11.7. The largest absolute Gasteiger partial charge is 0.135 e. The first-order valence-corrected chi connectivity index (χ1v) is 7.89. The fourth-order valence-electron chi connectivity index (χ4n) is 3.02. The van der Waals surface area contributed by atoms with Crippen molar-refractivity contribution in [2.24, 2.45) is 0 Å². The van der Waals surface area contributed by atoms with E-state index in [9.17, 15) is 0 Å². The van der Waals surface area contributed by atoms with Crippen LogP contribution >= 0.6 is 11.3 Å². The number of fused-ring (bicyclic) bond motifs is 4. The molecule has 4 rings (SSSR count). The lowest BCUT2D eigenvalue weighted by Gasteiger charge is -2.07. The van der Waals surface area contributed by atoms with Crippen LogP contribution in [-0.2, 0) is 0 Å². The van der Waals surface area contributed by atoms with E-state index < -0.39 is 0 Å². The van der Waals surface area contributed by atoms with Crippen LogP contribution in [0.3, 0.4) is 0 Å². The second kappa shape index (κ2) is 4.32. The standard InChI is InChI=1S/C19H16S/c1-12(2)15-8-5-9-17-19(15)16-10-13-6-3-4-7-14(13)11-18(16)20-17/h3-12H,1-2H3. The highest BCUT2D eigenvalue weighted by Crippen LogP contribution is 2.39. The summed E-state index contributed by atoms with van der Waals surface area (Å²) in [6.45, 7) is 4.55. The van der Waals surface area contributed by atoms with Crippen molar-refractivity contribution in [2.75, 3.05) is 0 Å². The molecule has 1 heterocycles. The van der Waals surface area contributed by atoms with E-state index in [-0.39, 0.29) is 0 Å². The first-order chi connectivity index (χ1) is 9.74. The van der Waals surface area contributed by atoms with Gasteiger partial charge in [0.05, 0.1) is 0 Å². The monoisotopic (exact) mass is 276 g/mol. The Hall–Kier alpha value is -1.86. The summed E-state index contributed by atoms with van der Waals surface area (Å²) in [6.07, 6.45) is 0. The maximum Gasteiger partial charge on any atom is 0.0361 e. The predicted molar refractivity (Wildman–Crippen MR) is 90.9 cm³/mol. The van der Waals surface area contributed by atoms with Gasteiger partial charge in [0, 0.05) is 20.2 Å². The number of benzene rings is 3. The Labute approximate surface area is 122 Å². The van der Waals surface area contributed by atoms with Gasteiger partial charge < -0.3 is 0 Å². The third kappa shape index (κ3) is 1.66. The van der Waals surface area contributed by atoms with E-state index in [4.69, 9.17) is 0 Å². The van der Waals surface area contributed by atoms with Gasteiger partial charge in [0.2, 0.25) is 0 Å². The third-order valence-corrected chi connectivity index (χ3v) is 5.14. The Balaban J connectivity index is 2.22. The summed E-state index contributed by atoms with van der Waals surface area (Å²) < 4.78 is 2.80. The molecule has 20 heavy (non-hydrogen) atoms. The molecule has 0 amide bonds. The van der Waals surface area contributed by atoms with Crippen molar-refractivity contribution in [3.05, 3.63) is 60.2 Å². The normalized spacial score (nSPS) is 11.9. The molecule has 1 aromatic heterocycles. The van der Waals surface area contributed by atoms with Gasteiger partial charge >= 0.3 is 0 Å². The molecule has 0 bridgehead atoms. The number of hydrogen-bond acceptors (Lipinski definition) is 1. The highest BCUT2D eigenvalue weighted by Gasteiger charge is 2.12. The van der Waals surface area contributed by atoms with Crippen LogP contribution in [0, 0.1) is 0 Å². The number of thiophene rings is 1. The van der Waals surface area contributed by atoms with Crippen LogP contribution in [0.2, 0.25) is 0 Å². The Morgan fingerprint density at radius 2 is 1.55 bits per heavy atom. The van der Waals surface area contributed by atoms with Gasteiger partial charge in [0.15, 0.2) is 0 Å². The molecule has 0 radical (unpaired) electrons. The van der Waals surface area contributed by atoms with E-state index in [2.05, 4.69) is 68.4 Å². The lowest BCUT2D eigenvalue weighted by molar-refractivity contribution is 0.877. The molecule has 1 heteroatoms. The summed E-state index contributed by atoms with van der Waals surface area (Å²) in [6, 6.07) is 20.0. The van der Waals surface area contributed by atoms with Gasteiger partial charge in [-0.3, -0.25) is 0 Å². The molecule has 0 atom stereocenters. The topological polar surface area (TPSA) is 0 Å². The minimum absolute atomic E-state index is 0.558. The molecule has 0 unspecified atom stereocenters. The van der Waals surface area contributed by atoms with Crippen LogP contribution in [0.1, 0.15) is 25.3 Å². The second-order valence-electron chi connectivity index (χ2n) is 5.67. The van der Waals surface area contributed by atoms with Crippen LogP contribution in [0.25, 0.3) is 30.9 Å². The van der Waals surface area contributed by atoms with Crippen molar-refractivity contribution >= 4 is 42.3 Å². The van der Waals surface area contributed by atoms with E-state index in [0.29, 0.717) is 5.92 Å². The molecule has 4 aromatic rings. The summed E-state index contributed by atoms with van der Waals surface area (Å²) in [5, 5.41) is 5.53. The van der Waals surface area contributed by atoms with Gasteiger partial charge in [-0.2, -0.15) is 0 Å². The third-order valence-electron chi connectivity index (χ3n) is 4.02. The smallest absolute Gasteiger partial charge is 0.0361 e. The molecule has 0 aliphatic heterocycles. The lowest BCUT2D eigenvalue weighted by atomic mass is 9.96. The van der Waals surface area contributed by atoms with E-state index in [1.165, 1.54) is 36.5 Å². The summed E-state index contributed by atoms with van der Waals surface area (Å²) >= 11 is 1.91. The molecule has 3 aromatic carbocycles. The van der Waals surface area contributed by atoms with Crippen LogP contribution in [0.4, 0.5) is 0 Å². The molecule has 0 saturated carbocycles. The van der Waals surface area contributed by atoms with Crippen molar-refractivity contribution in [3.63, 3.8) is 0 Å². The Bertz CT molecular complexity index is 928. The van der Waals surface area contributed by atoms with E-state index in [0.717, 1.165) is 0 Å². The number of hydrogen-bond donors (Lipinski definition) is 0. The molecule has 0 saturated heterocycles. The van der Waals surface area contributed by atoms with Crippen molar-refractivity contribution in [1.82, 2.24) is 0 Å². The quantitative estimate of drug-likeness (QED) is 0.381. The van der Waals surface area contributed by atoms with Gasteiger partial charge in [-0.15, -0.1) is 11.3 Å². The molecule has 0 fully saturated rings. The summed E-state index contributed by atoms with van der Waals surface area (Å²) in [5.74, 6) is 0.558. The van der Waals surface area contributed by atoms with Crippen molar-refractivity contribution in [1.29, 1.82) is 0 Å². The lowest BCUT2D eigenvalue weighted by Crippen LogP contribution is -1.87. The molecule has 0 spiro atoms. The maximum absolute atomic E-state index is 2.36. The van der Waals surface area contributed by atoms with Crippen LogP contribution in [0.15, 0.2) is 54.6 Å². The molecular formula is C19H16S. The minimum atomic E-state index is 0.558. The Morgan fingerprint density at radius 3 is 2.30 bits per heavy atom. The molecule has 0 aliphatic carbocycles. The van der Waals surface area contributed by atoms with Gasteiger partial charge in [-0.05, 0) is 40.5 Å². The second-order valence-corrected chi connectivity index (χ2v) is 6.76. The highest BCUT2D eigenvalue weighted by molar-refractivity contribution is 7.25. The SMILES string of the molecule is CC(C)c1cccc2sc3cc4ccccc4cc3c12. The van der Waals surface area contributed by atoms with Crippen LogP contribution in [0.5, 0.6) is 0 Å². The van der Waals surface area contributed by atoms with E-state index in [1.54, 1.807) is 0 Å². The van der Waals surface area contributed by atoms with E-state index in [1.807, 2.05) is 11.3 Å². The van der Waals surface area contributed by atoms with Crippen LogP contribution in [-0.4, -0.2) is 0 Å².